The SMILES string of the molecule is CN(CN)c1ccc2ncoc2c1. The van der Waals surface area contributed by atoms with Crippen molar-refractivity contribution >= 4 is 16.8 Å². The van der Waals surface area contributed by atoms with E-state index in [0.717, 1.165) is 16.8 Å². The van der Waals surface area contributed by atoms with Gasteiger partial charge in [0.25, 0.3) is 0 Å². The molecule has 4 heteroatoms. The molecule has 0 saturated heterocycles. The molecule has 0 unspecified atom stereocenters. The van der Waals surface area contributed by atoms with Gasteiger partial charge in [-0.2, -0.15) is 0 Å². The Morgan fingerprint density at radius 1 is 1.54 bits per heavy atom. The third-order valence-corrected chi connectivity index (χ3v) is 2.03. The largest absolute Gasteiger partial charge is 0.443 e. The standard InChI is InChI=1S/C9H11N3O/c1-12(5-10)7-2-3-8-9(4-7)13-6-11-8/h2-4,6H,5,10H2,1H3. The molecule has 0 spiro atoms. The van der Waals surface area contributed by atoms with Crippen LogP contribution in [0.5, 0.6) is 0 Å². The second-order valence-electron chi connectivity index (χ2n) is 2.88. The van der Waals surface area contributed by atoms with Crippen LogP contribution in [0.1, 0.15) is 0 Å². The zero-order valence-corrected chi connectivity index (χ0v) is 7.40. The van der Waals surface area contributed by atoms with Gasteiger partial charge in [-0.05, 0) is 12.1 Å². The van der Waals surface area contributed by atoms with Crippen molar-refractivity contribution in [2.75, 3.05) is 18.6 Å². The number of hydrogen-bond donors (Lipinski definition) is 1. The second-order valence-corrected chi connectivity index (χ2v) is 2.88. The Kier molecular flexibility index (Phi) is 1.90. The fraction of sp³-hybridized carbons (Fsp3) is 0.222. The zero-order chi connectivity index (χ0) is 9.26. The van der Waals surface area contributed by atoms with E-state index in [9.17, 15) is 0 Å². The van der Waals surface area contributed by atoms with Crippen LogP contribution in [0.15, 0.2) is 29.0 Å². The van der Waals surface area contributed by atoms with Gasteiger partial charge in [-0.3, -0.25) is 0 Å². The van der Waals surface area contributed by atoms with Gasteiger partial charge in [-0.15, -0.1) is 0 Å². The molecule has 0 aliphatic heterocycles. The summed E-state index contributed by atoms with van der Waals surface area (Å²) in [5, 5.41) is 0. The molecule has 68 valence electrons. The van der Waals surface area contributed by atoms with Crippen LogP contribution in [0.4, 0.5) is 5.69 Å². The van der Waals surface area contributed by atoms with E-state index in [1.165, 1.54) is 6.39 Å². The molecule has 0 fully saturated rings. The van der Waals surface area contributed by atoms with E-state index in [1.54, 1.807) is 0 Å². The first-order valence-electron chi connectivity index (χ1n) is 4.05. The van der Waals surface area contributed by atoms with Crippen molar-refractivity contribution in [1.29, 1.82) is 0 Å². The first kappa shape index (κ1) is 8.07. The highest BCUT2D eigenvalue weighted by atomic mass is 16.3. The molecule has 13 heavy (non-hydrogen) atoms. The van der Waals surface area contributed by atoms with Crippen LogP contribution in [-0.4, -0.2) is 18.7 Å². The molecule has 0 radical (unpaired) electrons. The number of fused-ring (bicyclic) bond motifs is 1. The number of benzene rings is 1. The normalized spacial score (nSPS) is 10.6. The Morgan fingerprint density at radius 3 is 3.15 bits per heavy atom. The Morgan fingerprint density at radius 2 is 2.38 bits per heavy atom. The lowest BCUT2D eigenvalue weighted by molar-refractivity contribution is 0.602. The van der Waals surface area contributed by atoms with Gasteiger partial charge in [0.15, 0.2) is 12.0 Å². The van der Waals surface area contributed by atoms with Crippen molar-refractivity contribution in [2.45, 2.75) is 0 Å². The van der Waals surface area contributed by atoms with Gasteiger partial charge >= 0.3 is 0 Å². The predicted molar refractivity (Wildman–Crippen MR) is 51.5 cm³/mol. The summed E-state index contributed by atoms with van der Waals surface area (Å²) < 4.78 is 5.17. The van der Waals surface area contributed by atoms with Crippen LogP contribution in [0.3, 0.4) is 0 Å². The van der Waals surface area contributed by atoms with Crippen LogP contribution >= 0.6 is 0 Å². The molecule has 0 aliphatic carbocycles. The lowest BCUT2D eigenvalue weighted by Crippen LogP contribution is -2.24. The Balaban J connectivity index is 2.48. The lowest BCUT2D eigenvalue weighted by atomic mass is 10.3. The molecule has 0 saturated carbocycles. The third-order valence-electron chi connectivity index (χ3n) is 2.03. The van der Waals surface area contributed by atoms with Crippen molar-refractivity contribution in [3.63, 3.8) is 0 Å². The van der Waals surface area contributed by atoms with Crippen LogP contribution in [0.25, 0.3) is 11.1 Å². The summed E-state index contributed by atoms with van der Waals surface area (Å²) in [5.41, 5.74) is 8.20. The Hall–Kier alpha value is -1.55. The van der Waals surface area contributed by atoms with E-state index in [1.807, 2.05) is 30.1 Å². The molecule has 2 aromatic rings. The summed E-state index contributed by atoms with van der Waals surface area (Å²) in [5.74, 6) is 0. The van der Waals surface area contributed by atoms with E-state index in [4.69, 9.17) is 10.2 Å². The number of oxazole rings is 1. The number of aromatic nitrogens is 1. The highest BCUT2D eigenvalue weighted by Crippen LogP contribution is 2.19. The zero-order valence-electron chi connectivity index (χ0n) is 7.40. The summed E-state index contributed by atoms with van der Waals surface area (Å²) in [7, 11) is 1.93. The van der Waals surface area contributed by atoms with Crippen molar-refractivity contribution in [2.24, 2.45) is 5.73 Å². The van der Waals surface area contributed by atoms with Crippen LogP contribution in [0.2, 0.25) is 0 Å². The van der Waals surface area contributed by atoms with E-state index in [2.05, 4.69) is 4.98 Å². The maximum absolute atomic E-state index is 5.50. The van der Waals surface area contributed by atoms with Gasteiger partial charge in [-0.25, -0.2) is 4.98 Å². The molecule has 1 heterocycles. The predicted octanol–water partition coefficient (Wildman–Crippen LogP) is 1.18. The minimum absolute atomic E-state index is 0.486. The molecular formula is C9H11N3O. The van der Waals surface area contributed by atoms with Crippen molar-refractivity contribution in [3.05, 3.63) is 24.6 Å². The van der Waals surface area contributed by atoms with Crippen LogP contribution in [-0.2, 0) is 0 Å². The summed E-state index contributed by atoms with van der Waals surface area (Å²) in [6, 6.07) is 5.81. The number of hydrogen-bond acceptors (Lipinski definition) is 4. The molecule has 2 N–H and O–H groups in total. The topological polar surface area (TPSA) is 55.3 Å². The maximum Gasteiger partial charge on any atom is 0.181 e. The molecular weight excluding hydrogens is 166 g/mol. The summed E-state index contributed by atoms with van der Waals surface area (Å²) in [4.78, 5) is 5.96. The quantitative estimate of drug-likeness (QED) is 0.700. The van der Waals surface area contributed by atoms with Gasteiger partial charge < -0.3 is 15.1 Å². The van der Waals surface area contributed by atoms with E-state index >= 15 is 0 Å². The number of nitrogens with two attached hydrogens (primary N) is 1. The number of anilines is 1. The molecule has 0 atom stereocenters. The first-order valence-corrected chi connectivity index (χ1v) is 4.05. The van der Waals surface area contributed by atoms with Gasteiger partial charge in [0.2, 0.25) is 0 Å². The highest BCUT2D eigenvalue weighted by molar-refractivity contribution is 5.76. The summed E-state index contributed by atoms with van der Waals surface area (Å²) >= 11 is 0. The average molecular weight is 177 g/mol. The maximum atomic E-state index is 5.50. The molecule has 4 nitrogen and oxygen atoms in total. The number of rotatable bonds is 2. The minimum atomic E-state index is 0.486. The summed E-state index contributed by atoms with van der Waals surface area (Å²) in [6.45, 7) is 0.486. The minimum Gasteiger partial charge on any atom is -0.443 e. The van der Waals surface area contributed by atoms with Crippen molar-refractivity contribution < 1.29 is 4.42 Å². The Bertz CT molecular complexity index is 410. The molecule has 2 rings (SSSR count). The Labute approximate surface area is 76.0 Å². The molecule has 0 bridgehead atoms. The van der Waals surface area contributed by atoms with Crippen LogP contribution in [0, 0.1) is 0 Å². The lowest BCUT2D eigenvalue weighted by Gasteiger charge is -2.15. The molecule has 0 amide bonds. The van der Waals surface area contributed by atoms with E-state index in [0.29, 0.717) is 6.67 Å². The highest BCUT2D eigenvalue weighted by Gasteiger charge is 2.02. The molecule has 1 aromatic heterocycles. The second kappa shape index (κ2) is 3.06. The first-order chi connectivity index (χ1) is 6.31. The van der Waals surface area contributed by atoms with Crippen molar-refractivity contribution in [3.8, 4) is 0 Å². The van der Waals surface area contributed by atoms with Gasteiger partial charge in [0.1, 0.15) is 5.52 Å². The van der Waals surface area contributed by atoms with Crippen LogP contribution < -0.4 is 10.6 Å². The van der Waals surface area contributed by atoms with Crippen molar-refractivity contribution in [1.82, 2.24) is 4.98 Å². The van der Waals surface area contributed by atoms with Gasteiger partial charge in [0, 0.05) is 18.8 Å². The fourth-order valence-corrected chi connectivity index (χ4v) is 1.19. The van der Waals surface area contributed by atoms with Gasteiger partial charge in [0.05, 0.1) is 6.67 Å². The third kappa shape index (κ3) is 1.36. The summed E-state index contributed by atoms with van der Waals surface area (Å²) in [6.07, 6.45) is 1.44. The van der Waals surface area contributed by atoms with E-state index in [-0.39, 0.29) is 0 Å². The van der Waals surface area contributed by atoms with Gasteiger partial charge in [-0.1, -0.05) is 0 Å². The molecule has 0 aliphatic rings. The van der Waals surface area contributed by atoms with E-state index < -0.39 is 0 Å². The average Bonchev–Trinajstić information content (AvgIpc) is 2.63. The smallest absolute Gasteiger partial charge is 0.181 e. The number of nitrogens with zero attached hydrogens (tertiary/aromatic N) is 2. The molecule has 1 aromatic carbocycles. The monoisotopic (exact) mass is 177 g/mol. The fourth-order valence-electron chi connectivity index (χ4n) is 1.19.